The van der Waals surface area contributed by atoms with E-state index in [1.165, 1.54) is 5.56 Å². The summed E-state index contributed by atoms with van der Waals surface area (Å²) >= 11 is 6.05. The van der Waals surface area contributed by atoms with Crippen LogP contribution in [0.15, 0.2) is 48.7 Å². The van der Waals surface area contributed by atoms with E-state index < -0.39 is 0 Å². The van der Waals surface area contributed by atoms with E-state index in [2.05, 4.69) is 10.3 Å². The summed E-state index contributed by atoms with van der Waals surface area (Å²) in [7, 11) is 0. The number of hydrogen-bond acceptors (Lipinski definition) is 1. The smallest absolute Gasteiger partial charge is 0.224 e. The molecule has 0 atom stereocenters. The molecule has 0 radical (unpaired) electrons. The molecule has 0 saturated heterocycles. The SMILES string of the molecule is Cc1ccccc1CC(=O)NCCc1c[nH]c2ccc(Cl)cc12. The molecular weight excluding hydrogens is 308 g/mol. The highest BCUT2D eigenvalue weighted by atomic mass is 35.5. The van der Waals surface area contributed by atoms with Crippen LogP contribution in [-0.4, -0.2) is 17.4 Å². The molecule has 0 unspecified atom stereocenters. The largest absolute Gasteiger partial charge is 0.361 e. The van der Waals surface area contributed by atoms with Crippen molar-refractivity contribution in [3.05, 3.63) is 70.4 Å². The number of amides is 1. The number of aromatic amines is 1. The minimum absolute atomic E-state index is 0.0529. The van der Waals surface area contributed by atoms with Gasteiger partial charge >= 0.3 is 0 Å². The Labute approximate surface area is 140 Å². The molecule has 0 spiro atoms. The molecule has 4 heteroatoms. The second-order valence-electron chi connectivity index (χ2n) is 5.71. The van der Waals surface area contributed by atoms with Crippen LogP contribution in [0.25, 0.3) is 10.9 Å². The monoisotopic (exact) mass is 326 g/mol. The zero-order valence-electron chi connectivity index (χ0n) is 13.0. The number of fused-ring (bicyclic) bond motifs is 1. The Morgan fingerprint density at radius 3 is 2.83 bits per heavy atom. The van der Waals surface area contributed by atoms with Crippen molar-refractivity contribution in [1.29, 1.82) is 0 Å². The van der Waals surface area contributed by atoms with Crippen LogP contribution in [0.1, 0.15) is 16.7 Å². The van der Waals surface area contributed by atoms with E-state index in [1.807, 2.05) is 55.6 Å². The Kier molecular flexibility index (Phi) is 4.68. The number of aromatic nitrogens is 1. The Morgan fingerprint density at radius 2 is 2.00 bits per heavy atom. The highest BCUT2D eigenvalue weighted by molar-refractivity contribution is 6.31. The third-order valence-corrected chi connectivity index (χ3v) is 4.29. The van der Waals surface area contributed by atoms with Gasteiger partial charge in [-0.25, -0.2) is 0 Å². The van der Waals surface area contributed by atoms with E-state index in [-0.39, 0.29) is 5.91 Å². The lowest BCUT2D eigenvalue weighted by Crippen LogP contribution is -2.27. The lowest BCUT2D eigenvalue weighted by molar-refractivity contribution is -0.120. The van der Waals surface area contributed by atoms with Gasteiger partial charge < -0.3 is 10.3 Å². The van der Waals surface area contributed by atoms with E-state index in [0.717, 1.165) is 33.5 Å². The molecular formula is C19H19ClN2O. The first-order valence-electron chi connectivity index (χ1n) is 7.70. The van der Waals surface area contributed by atoms with Crippen LogP contribution in [0.3, 0.4) is 0 Å². The molecule has 1 amide bonds. The van der Waals surface area contributed by atoms with Crippen molar-refractivity contribution in [3.8, 4) is 0 Å². The number of H-pyrrole nitrogens is 1. The molecule has 0 aliphatic carbocycles. The van der Waals surface area contributed by atoms with Crippen LogP contribution in [0.5, 0.6) is 0 Å². The maximum absolute atomic E-state index is 12.1. The number of aryl methyl sites for hydroxylation is 1. The number of carbonyl (C=O) groups is 1. The predicted octanol–water partition coefficient (Wildman–Crippen LogP) is 4.03. The van der Waals surface area contributed by atoms with Crippen LogP contribution < -0.4 is 5.32 Å². The van der Waals surface area contributed by atoms with Gasteiger partial charge in [-0.3, -0.25) is 4.79 Å². The van der Waals surface area contributed by atoms with Gasteiger partial charge in [0.1, 0.15) is 0 Å². The molecule has 2 aromatic carbocycles. The minimum atomic E-state index is 0.0529. The molecule has 118 valence electrons. The van der Waals surface area contributed by atoms with Gasteiger partial charge in [0.05, 0.1) is 6.42 Å². The summed E-state index contributed by atoms with van der Waals surface area (Å²) < 4.78 is 0. The fourth-order valence-corrected chi connectivity index (χ4v) is 2.91. The lowest BCUT2D eigenvalue weighted by Gasteiger charge is -2.07. The van der Waals surface area contributed by atoms with Gasteiger partial charge in [0.15, 0.2) is 0 Å². The van der Waals surface area contributed by atoms with Gasteiger partial charge in [-0.05, 0) is 48.2 Å². The molecule has 23 heavy (non-hydrogen) atoms. The molecule has 0 saturated carbocycles. The van der Waals surface area contributed by atoms with Gasteiger partial charge in [-0.1, -0.05) is 35.9 Å². The molecule has 0 aliphatic rings. The van der Waals surface area contributed by atoms with Crippen molar-refractivity contribution in [3.63, 3.8) is 0 Å². The first-order chi connectivity index (χ1) is 11.1. The van der Waals surface area contributed by atoms with E-state index in [9.17, 15) is 4.79 Å². The van der Waals surface area contributed by atoms with E-state index in [1.54, 1.807) is 0 Å². The molecule has 0 aliphatic heterocycles. The number of hydrogen-bond donors (Lipinski definition) is 2. The number of carbonyl (C=O) groups excluding carboxylic acids is 1. The zero-order chi connectivity index (χ0) is 16.2. The second kappa shape index (κ2) is 6.88. The standard InChI is InChI=1S/C19H19ClN2O/c1-13-4-2-3-5-14(13)10-19(23)21-9-8-15-12-22-18-7-6-16(20)11-17(15)18/h2-7,11-12,22H,8-10H2,1H3,(H,21,23). The van der Waals surface area contributed by atoms with Gasteiger partial charge in [0.25, 0.3) is 0 Å². The predicted molar refractivity (Wildman–Crippen MR) is 94.9 cm³/mol. The van der Waals surface area contributed by atoms with E-state index in [4.69, 9.17) is 11.6 Å². The van der Waals surface area contributed by atoms with Crippen LogP contribution in [-0.2, 0) is 17.6 Å². The van der Waals surface area contributed by atoms with Crippen LogP contribution in [0, 0.1) is 6.92 Å². The Bertz CT molecular complexity index is 838. The first kappa shape index (κ1) is 15.6. The van der Waals surface area contributed by atoms with Gasteiger partial charge in [-0.15, -0.1) is 0 Å². The third kappa shape index (κ3) is 3.74. The first-order valence-corrected chi connectivity index (χ1v) is 8.08. The van der Waals surface area contributed by atoms with Crippen molar-refractivity contribution in [2.45, 2.75) is 19.8 Å². The van der Waals surface area contributed by atoms with Crippen LogP contribution in [0.2, 0.25) is 5.02 Å². The van der Waals surface area contributed by atoms with E-state index in [0.29, 0.717) is 13.0 Å². The molecule has 1 aromatic heterocycles. The highest BCUT2D eigenvalue weighted by Gasteiger charge is 2.07. The number of rotatable bonds is 5. The summed E-state index contributed by atoms with van der Waals surface area (Å²) in [4.78, 5) is 15.3. The fourth-order valence-electron chi connectivity index (χ4n) is 2.74. The molecule has 0 fully saturated rings. The topological polar surface area (TPSA) is 44.9 Å². The average Bonchev–Trinajstić information content (AvgIpc) is 2.92. The summed E-state index contributed by atoms with van der Waals surface area (Å²) in [5.41, 5.74) is 4.45. The number of nitrogens with one attached hydrogen (secondary N) is 2. The number of halogens is 1. The van der Waals surface area contributed by atoms with Crippen LogP contribution in [0.4, 0.5) is 0 Å². The molecule has 3 rings (SSSR count). The Balaban J connectivity index is 1.57. The molecule has 1 heterocycles. The van der Waals surface area contributed by atoms with Gasteiger partial charge in [0.2, 0.25) is 5.91 Å². The van der Waals surface area contributed by atoms with Crippen molar-refractivity contribution in [2.75, 3.05) is 6.54 Å². The third-order valence-electron chi connectivity index (χ3n) is 4.06. The van der Waals surface area contributed by atoms with Gasteiger partial charge in [0, 0.05) is 28.7 Å². The maximum atomic E-state index is 12.1. The quantitative estimate of drug-likeness (QED) is 0.730. The summed E-state index contributed by atoms with van der Waals surface area (Å²) in [6, 6.07) is 13.8. The molecule has 2 N–H and O–H groups in total. The van der Waals surface area contributed by atoms with Crippen molar-refractivity contribution >= 4 is 28.4 Å². The number of benzene rings is 2. The lowest BCUT2D eigenvalue weighted by atomic mass is 10.1. The minimum Gasteiger partial charge on any atom is -0.361 e. The van der Waals surface area contributed by atoms with Crippen LogP contribution >= 0.6 is 11.6 Å². The Morgan fingerprint density at radius 1 is 1.17 bits per heavy atom. The highest BCUT2D eigenvalue weighted by Crippen LogP contribution is 2.22. The van der Waals surface area contributed by atoms with E-state index >= 15 is 0 Å². The Hall–Kier alpha value is -2.26. The summed E-state index contributed by atoms with van der Waals surface area (Å²) in [5.74, 6) is 0.0529. The van der Waals surface area contributed by atoms with Crippen molar-refractivity contribution < 1.29 is 4.79 Å². The van der Waals surface area contributed by atoms with Crippen molar-refractivity contribution in [2.24, 2.45) is 0 Å². The van der Waals surface area contributed by atoms with Crippen molar-refractivity contribution in [1.82, 2.24) is 10.3 Å². The summed E-state index contributed by atoms with van der Waals surface area (Å²) in [5, 5.41) is 4.83. The maximum Gasteiger partial charge on any atom is 0.224 e. The molecule has 0 bridgehead atoms. The molecule has 3 nitrogen and oxygen atoms in total. The summed E-state index contributed by atoms with van der Waals surface area (Å²) in [6.07, 6.45) is 3.18. The second-order valence-corrected chi connectivity index (χ2v) is 6.14. The molecule has 3 aromatic rings. The average molecular weight is 327 g/mol. The summed E-state index contributed by atoms with van der Waals surface area (Å²) in [6.45, 7) is 2.64. The van der Waals surface area contributed by atoms with Gasteiger partial charge in [-0.2, -0.15) is 0 Å². The zero-order valence-corrected chi connectivity index (χ0v) is 13.8. The fraction of sp³-hybridized carbons (Fsp3) is 0.211. The normalized spacial score (nSPS) is 10.9.